The van der Waals surface area contributed by atoms with Crippen molar-refractivity contribution in [3.63, 3.8) is 0 Å². The molecule has 0 atom stereocenters. The number of anilines is 2. The zero-order chi connectivity index (χ0) is 14.8. The molecule has 102 valence electrons. The van der Waals surface area contributed by atoms with Crippen LogP contribution in [0.15, 0.2) is 48.7 Å². The number of hydrogen-bond donors (Lipinski definition) is 1. The Morgan fingerprint density at radius 1 is 1.19 bits per heavy atom. The van der Waals surface area contributed by atoms with Gasteiger partial charge in [0.1, 0.15) is 11.9 Å². The van der Waals surface area contributed by atoms with E-state index < -0.39 is 5.82 Å². The lowest BCUT2D eigenvalue weighted by Gasteiger charge is -2.12. The van der Waals surface area contributed by atoms with E-state index in [4.69, 9.17) is 11.6 Å². The van der Waals surface area contributed by atoms with Crippen LogP contribution < -0.4 is 5.32 Å². The van der Waals surface area contributed by atoms with E-state index in [0.29, 0.717) is 16.3 Å². The summed E-state index contributed by atoms with van der Waals surface area (Å²) in [5.41, 5.74) is 1.80. The Morgan fingerprint density at radius 3 is 2.81 bits per heavy atom. The first-order valence-corrected chi connectivity index (χ1v) is 6.57. The fraction of sp³-hybridized carbons (Fsp3) is 0. The van der Waals surface area contributed by atoms with E-state index in [9.17, 15) is 9.65 Å². The first-order valence-electron chi connectivity index (χ1n) is 6.19. The van der Waals surface area contributed by atoms with Gasteiger partial charge < -0.3 is 5.32 Å². The summed E-state index contributed by atoms with van der Waals surface area (Å²) in [4.78, 5) is 4.21. The number of benzene rings is 2. The van der Waals surface area contributed by atoms with Gasteiger partial charge in [-0.1, -0.05) is 29.8 Å². The largest absolute Gasteiger partial charge is 0.351 e. The second-order valence-electron chi connectivity index (χ2n) is 4.42. The highest BCUT2D eigenvalue weighted by molar-refractivity contribution is 6.30. The normalized spacial score (nSPS) is 10.3. The van der Waals surface area contributed by atoms with Gasteiger partial charge in [-0.05, 0) is 24.3 Å². The quantitative estimate of drug-likeness (QED) is 0.749. The van der Waals surface area contributed by atoms with Gasteiger partial charge in [-0.15, -0.1) is 0 Å². The van der Waals surface area contributed by atoms with E-state index in [-0.39, 0.29) is 5.69 Å². The molecule has 0 aliphatic heterocycles. The molecule has 1 heterocycles. The number of para-hydroxylation sites is 1. The number of halogens is 2. The molecule has 5 heteroatoms. The van der Waals surface area contributed by atoms with Gasteiger partial charge in [0, 0.05) is 16.6 Å². The number of pyridine rings is 1. The van der Waals surface area contributed by atoms with Gasteiger partial charge in [0.2, 0.25) is 0 Å². The number of hydrogen-bond acceptors (Lipinski definition) is 3. The van der Waals surface area contributed by atoms with Crippen LogP contribution in [0.4, 0.5) is 15.8 Å². The number of rotatable bonds is 2. The van der Waals surface area contributed by atoms with Gasteiger partial charge in [0.25, 0.3) is 0 Å². The molecule has 1 aromatic heterocycles. The molecule has 2 aromatic carbocycles. The molecule has 0 bridgehead atoms. The molecule has 0 radical (unpaired) electrons. The molecule has 3 aromatic rings. The Labute approximate surface area is 125 Å². The number of nitriles is 1. The van der Waals surface area contributed by atoms with Crippen molar-refractivity contribution in [3.8, 4) is 6.07 Å². The Balaban J connectivity index is 2.19. The Morgan fingerprint density at radius 2 is 2.00 bits per heavy atom. The first kappa shape index (κ1) is 13.3. The number of aromatic nitrogens is 1. The van der Waals surface area contributed by atoms with E-state index in [0.717, 1.165) is 10.9 Å². The highest BCUT2D eigenvalue weighted by Gasteiger charge is 2.11. The lowest BCUT2D eigenvalue weighted by Crippen LogP contribution is -1.98. The third-order valence-corrected chi connectivity index (χ3v) is 3.32. The Kier molecular flexibility index (Phi) is 3.43. The van der Waals surface area contributed by atoms with Gasteiger partial charge in [0.05, 0.1) is 22.5 Å². The Hall–Kier alpha value is -2.64. The van der Waals surface area contributed by atoms with Crippen LogP contribution in [0, 0.1) is 17.1 Å². The summed E-state index contributed by atoms with van der Waals surface area (Å²) in [6, 6.07) is 13.6. The monoisotopic (exact) mass is 297 g/mol. The third-order valence-electron chi connectivity index (χ3n) is 3.08. The first-order chi connectivity index (χ1) is 10.2. The molecule has 1 N–H and O–H groups in total. The van der Waals surface area contributed by atoms with E-state index in [1.54, 1.807) is 0 Å². The summed E-state index contributed by atoms with van der Waals surface area (Å²) >= 11 is 5.89. The van der Waals surface area contributed by atoms with Gasteiger partial charge in [-0.3, -0.25) is 4.98 Å². The van der Waals surface area contributed by atoms with E-state index in [2.05, 4.69) is 16.4 Å². The molecule has 0 saturated heterocycles. The topological polar surface area (TPSA) is 48.7 Å². The van der Waals surface area contributed by atoms with Crippen molar-refractivity contribution in [2.75, 3.05) is 5.32 Å². The van der Waals surface area contributed by atoms with Crippen molar-refractivity contribution < 1.29 is 4.39 Å². The summed E-state index contributed by atoms with van der Waals surface area (Å²) in [5.74, 6) is -0.441. The van der Waals surface area contributed by atoms with Crippen molar-refractivity contribution in [1.82, 2.24) is 4.98 Å². The lowest BCUT2D eigenvalue weighted by atomic mass is 10.1. The van der Waals surface area contributed by atoms with Crippen LogP contribution >= 0.6 is 11.6 Å². The SMILES string of the molecule is N#Cc1cnc2ccccc2c1Nc1cc(Cl)ccc1F. The number of fused-ring (bicyclic) bond motifs is 1. The van der Waals surface area contributed by atoms with Crippen LogP contribution in [0.3, 0.4) is 0 Å². The molecular formula is C16H9ClFN3. The molecule has 0 spiro atoms. The molecule has 0 saturated carbocycles. The Bertz CT molecular complexity index is 871. The minimum Gasteiger partial charge on any atom is -0.351 e. The summed E-state index contributed by atoms with van der Waals surface area (Å²) in [6.07, 6.45) is 1.47. The maximum Gasteiger partial charge on any atom is 0.146 e. The summed E-state index contributed by atoms with van der Waals surface area (Å²) in [6.45, 7) is 0. The zero-order valence-corrected chi connectivity index (χ0v) is 11.5. The molecule has 0 aliphatic rings. The van der Waals surface area contributed by atoms with Crippen LogP contribution in [0.2, 0.25) is 5.02 Å². The van der Waals surface area contributed by atoms with Crippen molar-refractivity contribution >= 4 is 33.9 Å². The molecule has 0 amide bonds. The smallest absolute Gasteiger partial charge is 0.146 e. The number of nitrogens with one attached hydrogen (secondary N) is 1. The van der Waals surface area contributed by atoms with Gasteiger partial charge in [0.15, 0.2) is 0 Å². The van der Waals surface area contributed by atoms with Crippen molar-refractivity contribution in [3.05, 3.63) is 65.1 Å². The fourth-order valence-electron chi connectivity index (χ4n) is 2.09. The third kappa shape index (κ3) is 2.51. The van der Waals surface area contributed by atoms with E-state index in [1.165, 1.54) is 24.4 Å². The van der Waals surface area contributed by atoms with Crippen LogP contribution in [-0.2, 0) is 0 Å². The molecule has 3 nitrogen and oxygen atoms in total. The van der Waals surface area contributed by atoms with E-state index >= 15 is 0 Å². The van der Waals surface area contributed by atoms with E-state index in [1.807, 2.05) is 24.3 Å². The maximum atomic E-state index is 13.9. The van der Waals surface area contributed by atoms with Gasteiger partial charge >= 0.3 is 0 Å². The highest BCUT2D eigenvalue weighted by atomic mass is 35.5. The molecule has 3 rings (SSSR count). The zero-order valence-electron chi connectivity index (χ0n) is 10.8. The summed E-state index contributed by atoms with van der Waals surface area (Å²) in [7, 11) is 0. The minimum atomic E-state index is -0.441. The second kappa shape index (κ2) is 5.39. The van der Waals surface area contributed by atoms with Crippen LogP contribution in [0.5, 0.6) is 0 Å². The van der Waals surface area contributed by atoms with Crippen LogP contribution in [0.25, 0.3) is 10.9 Å². The van der Waals surface area contributed by atoms with Gasteiger partial charge in [-0.25, -0.2) is 4.39 Å². The average Bonchev–Trinajstić information content (AvgIpc) is 2.51. The molecule has 0 fully saturated rings. The predicted molar refractivity (Wildman–Crippen MR) is 81.2 cm³/mol. The lowest BCUT2D eigenvalue weighted by molar-refractivity contribution is 0.632. The van der Waals surface area contributed by atoms with Crippen LogP contribution in [0.1, 0.15) is 5.56 Å². The summed E-state index contributed by atoms with van der Waals surface area (Å²) < 4.78 is 13.9. The van der Waals surface area contributed by atoms with Crippen molar-refractivity contribution in [2.45, 2.75) is 0 Å². The molecule has 21 heavy (non-hydrogen) atoms. The van der Waals surface area contributed by atoms with Crippen molar-refractivity contribution in [2.24, 2.45) is 0 Å². The molecule has 0 aliphatic carbocycles. The minimum absolute atomic E-state index is 0.218. The second-order valence-corrected chi connectivity index (χ2v) is 4.86. The highest BCUT2D eigenvalue weighted by Crippen LogP contribution is 2.30. The fourth-order valence-corrected chi connectivity index (χ4v) is 2.26. The molecule has 0 unspecified atom stereocenters. The van der Waals surface area contributed by atoms with Crippen LogP contribution in [-0.4, -0.2) is 4.98 Å². The van der Waals surface area contributed by atoms with Crippen molar-refractivity contribution in [1.29, 1.82) is 5.26 Å². The van der Waals surface area contributed by atoms with Gasteiger partial charge in [-0.2, -0.15) is 5.26 Å². The predicted octanol–water partition coefficient (Wildman–Crippen LogP) is 4.64. The standard InChI is InChI=1S/C16H9ClFN3/c17-11-5-6-13(18)15(7-11)21-16-10(8-19)9-20-14-4-2-1-3-12(14)16/h1-7,9H,(H,20,21). The number of nitrogens with zero attached hydrogens (tertiary/aromatic N) is 2. The molecular weight excluding hydrogens is 289 g/mol. The maximum absolute atomic E-state index is 13.9. The summed E-state index contributed by atoms with van der Waals surface area (Å²) in [5, 5.41) is 13.3. The average molecular weight is 298 g/mol.